The predicted molar refractivity (Wildman–Crippen MR) is 71.5 cm³/mol. The molecule has 5 N–H and O–H groups in total. The molecule has 0 saturated heterocycles. The SMILES string of the molecule is NC(=O)C[C@H](NC(=O)Nc1ccc(Br)cc1)C(=O)O. The fourth-order valence-electron chi connectivity index (χ4n) is 1.26. The number of hydrogen-bond donors (Lipinski definition) is 4. The molecule has 3 amide bonds. The minimum absolute atomic E-state index is 0.469. The number of carbonyl (C=O) groups excluding carboxylic acids is 2. The molecular weight excluding hydrogens is 318 g/mol. The molecule has 8 heteroatoms. The number of benzene rings is 1. The van der Waals surface area contributed by atoms with E-state index in [0.717, 1.165) is 4.47 Å². The van der Waals surface area contributed by atoms with Gasteiger partial charge >= 0.3 is 12.0 Å². The van der Waals surface area contributed by atoms with Crippen molar-refractivity contribution in [3.05, 3.63) is 28.7 Å². The fraction of sp³-hybridized carbons (Fsp3) is 0.182. The summed E-state index contributed by atoms with van der Waals surface area (Å²) in [6.45, 7) is 0. The molecule has 0 heterocycles. The Morgan fingerprint density at radius 2 is 1.84 bits per heavy atom. The lowest BCUT2D eigenvalue weighted by Crippen LogP contribution is -2.45. The molecular formula is C11H12BrN3O4. The molecule has 1 atom stereocenters. The highest BCUT2D eigenvalue weighted by Crippen LogP contribution is 2.13. The topological polar surface area (TPSA) is 122 Å². The largest absolute Gasteiger partial charge is 0.480 e. The highest BCUT2D eigenvalue weighted by Gasteiger charge is 2.21. The van der Waals surface area contributed by atoms with Gasteiger partial charge in [-0.05, 0) is 24.3 Å². The second kappa shape index (κ2) is 6.74. The normalized spacial score (nSPS) is 11.4. The van der Waals surface area contributed by atoms with Gasteiger partial charge in [-0.15, -0.1) is 0 Å². The van der Waals surface area contributed by atoms with Crippen LogP contribution in [-0.2, 0) is 9.59 Å². The van der Waals surface area contributed by atoms with Crippen LogP contribution in [-0.4, -0.2) is 29.1 Å². The number of carboxylic acid groups (broad SMARTS) is 1. The molecule has 7 nitrogen and oxygen atoms in total. The number of carboxylic acids is 1. The molecule has 0 bridgehead atoms. The number of halogens is 1. The van der Waals surface area contributed by atoms with E-state index in [0.29, 0.717) is 5.69 Å². The first kappa shape index (κ1) is 15.0. The van der Waals surface area contributed by atoms with E-state index in [4.69, 9.17) is 10.8 Å². The van der Waals surface area contributed by atoms with E-state index in [1.165, 1.54) is 0 Å². The minimum atomic E-state index is -1.35. The minimum Gasteiger partial charge on any atom is -0.480 e. The van der Waals surface area contributed by atoms with Crippen molar-refractivity contribution in [3.8, 4) is 0 Å². The Hall–Kier alpha value is -2.09. The van der Waals surface area contributed by atoms with Gasteiger partial charge in [-0.1, -0.05) is 15.9 Å². The number of aliphatic carboxylic acids is 1. The van der Waals surface area contributed by atoms with Crippen LogP contribution < -0.4 is 16.4 Å². The average Bonchev–Trinajstić information content (AvgIpc) is 2.30. The van der Waals surface area contributed by atoms with Crippen molar-refractivity contribution in [1.82, 2.24) is 5.32 Å². The van der Waals surface area contributed by atoms with Gasteiger partial charge in [0.2, 0.25) is 5.91 Å². The van der Waals surface area contributed by atoms with E-state index >= 15 is 0 Å². The van der Waals surface area contributed by atoms with E-state index in [-0.39, 0.29) is 0 Å². The number of nitrogens with two attached hydrogens (primary N) is 1. The number of nitrogens with one attached hydrogen (secondary N) is 2. The summed E-state index contributed by atoms with van der Waals surface area (Å²) in [7, 11) is 0. The second-order valence-corrected chi connectivity index (χ2v) is 4.58. The van der Waals surface area contributed by atoms with Gasteiger partial charge in [-0.3, -0.25) is 4.79 Å². The van der Waals surface area contributed by atoms with Crippen LogP contribution in [0.25, 0.3) is 0 Å². The van der Waals surface area contributed by atoms with Crippen LogP contribution in [0.3, 0.4) is 0 Å². The molecule has 0 aliphatic heterocycles. The summed E-state index contributed by atoms with van der Waals surface area (Å²) in [5, 5.41) is 13.4. The first-order valence-electron chi connectivity index (χ1n) is 5.22. The molecule has 19 heavy (non-hydrogen) atoms. The lowest BCUT2D eigenvalue weighted by molar-refractivity contribution is -0.140. The molecule has 0 aromatic heterocycles. The first-order valence-corrected chi connectivity index (χ1v) is 6.02. The zero-order chi connectivity index (χ0) is 14.4. The van der Waals surface area contributed by atoms with Crippen LogP contribution in [0.2, 0.25) is 0 Å². The zero-order valence-corrected chi connectivity index (χ0v) is 11.3. The molecule has 102 valence electrons. The Labute approximate surface area is 117 Å². The second-order valence-electron chi connectivity index (χ2n) is 3.67. The van der Waals surface area contributed by atoms with Gasteiger partial charge < -0.3 is 21.5 Å². The van der Waals surface area contributed by atoms with E-state index in [1.807, 2.05) is 0 Å². The Balaban J connectivity index is 2.59. The van der Waals surface area contributed by atoms with Gasteiger partial charge in [0.1, 0.15) is 6.04 Å². The summed E-state index contributed by atoms with van der Waals surface area (Å²) < 4.78 is 0.843. The van der Waals surface area contributed by atoms with Crippen molar-refractivity contribution >= 4 is 39.5 Å². The maximum absolute atomic E-state index is 11.5. The Morgan fingerprint density at radius 3 is 2.32 bits per heavy atom. The number of anilines is 1. The van der Waals surface area contributed by atoms with Crippen LogP contribution >= 0.6 is 15.9 Å². The summed E-state index contributed by atoms with van der Waals surface area (Å²) in [5.41, 5.74) is 5.39. The number of rotatable bonds is 5. The third-order valence-electron chi connectivity index (χ3n) is 2.11. The van der Waals surface area contributed by atoms with Crippen molar-refractivity contribution in [3.63, 3.8) is 0 Å². The standard InChI is InChI=1S/C11H12BrN3O4/c12-6-1-3-7(4-2-6)14-11(19)15-8(10(17)18)5-9(13)16/h1-4,8H,5H2,(H2,13,16)(H,17,18)(H2,14,15,19)/t8-/m0/s1. The van der Waals surface area contributed by atoms with Crippen molar-refractivity contribution < 1.29 is 19.5 Å². The first-order chi connectivity index (χ1) is 8.88. The Kier molecular flexibility index (Phi) is 5.31. The van der Waals surface area contributed by atoms with Crippen molar-refractivity contribution in [2.45, 2.75) is 12.5 Å². The number of hydrogen-bond acceptors (Lipinski definition) is 3. The number of amides is 3. The summed E-state index contributed by atoms with van der Waals surface area (Å²) in [6, 6.07) is 4.62. The molecule has 0 radical (unpaired) electrons. The van der Waals surface area contributed by atoms with Crippen molar-refractivity contribution in [1.29, 1.82) is 0 Å². The number of carbonyl (C=O) groups is 3. The van der Waals surface area contributed by atoms with Crippen molar-refractivity contribution in [2.24, 2.45) is 5.73 Å². The van der Waals surface area contributed by atoms with Crippen LogP contribution in [0.1, 0.15) is 6.42 Å². The lowest BCUT2D eigenvalue weighted by Gasteiger charge is -2.13. The fourth-order valence-corrected chi connectivity index (χ4v) is 1.52. The molecule has 1 aromatic carbocycles. The van der Waals surface area contributed by atoms with Gasteiger partial charge in [0.15, 0.2) is 0 Å². The van der Waals surface area contributed by atoms with E-state index < -0.39 is 30.4 Å². The number of primary amides is 1. The summed E-state index contributed by atoms with van der Waals surface area (Å²) in [4.78, 5) is 33.0. The molecule has 0 aliphatic rings. The van der Waals surface area contributed by atoms with Crippen LogP contribution in [0.5, 0.6) is 0 Å². The summed E-state index contributed by atoms with van der Waals surface area (Å²) >= 11 is 3.24. The van der Waals surface area contributed by atoms with E-state index in [9.17, 15) is 14.4 Å². The third kappa shape index (κ3) is 5.38. The Bertz CT molecular complexity index is 489. The lowest BCUT2D eigenvalue weighted by atomic mass is 10.2. The van der Waals surface area contributed by atoms with Gasteiger partial charge in [-0.25, -0.2) is 9.59 Å². The molecule has 0 saturated carbocycles. The van der Waals surface area contributed by atoms with Crippen molar-refractivity contribution in [2.75, 3.05) is 5.32 Å². The van der Waals surface area contributed by atoms with Gasteiger partial charge in [0.05, 0.1) is 6.42 Å². The van der Waals surface area contributed by atoms with Crippen LogP contribution in [0.15, 0.2) is 28.7 Å². The molecule has 0 aliphatic carbocycles. The van der Waals surface area contributed by atoms with E-state index in [1.54, 1.807) is 24.3 Å². The highest BCUT2D eigenvalue weighted by molar-refractivity contribution is 9.10. The zero-order valence-electron chi connectivity index (χ0n) is 9.72. The Morgan fingerprint density at radius 1 is 1.26 bits per heavy atom. The molecule has 0 spiro atoms. The average molecular weight is 330 g/mol. The third-order valence-corrected chi connectivity index (χ3v) is 2.64. The smallest absolute Gasteiger partial charge is 0.326 e. The number of urea groups is 1. The monoisotopic (exact) mass is 329 g/mol. The molecule has 0 fully saturated rings. The van der Waals surface area contributed by atoms with Gasteiger partial charge in [0, 0.05) is 10.2 Å². The molecule has 1 rings (SSSR count). The van der Waals surface area contributed by atoms with E-state index in [2.05, 4.69) is 26.6 Å². The molecule has 1 aromatic rings. The molecule has 0 unspecified atom stereocenters. The summed E-state index contributed by atoms with van der Waals surface area (Å²) in [6.07, 6.45) is -0.469. The quantitative estimate of drug-likeness (QED) is 0.641. The summed E-state index contributed by atoms with van der Waals surface area (Å²) in [5.74, 6) is -2.14. The predicted octanol–water partition coefficient (Wildman–Crippen LogP) is 0.899. The van der Waals surface area contributed by atoms with Crippen LogP contribution in [0, 0.1) is 0 Å². The highest BCUT2D eigenvalue weighted by atomic mass is 79.9. The van der Waals surface area contributed by atoms with Crippen LogP contribution in [0.4, 0.5) is 10.5 Å². The maximum Gasteiger partial charge on any atom is 0.326 e. The van der Waals surface area contributed by atoms with Gasteiger partial charge in [-0.2, -0.15) is 0 Å². The maximum atomic E-state index is 11.5. The van der Waals surface area contributed by atoms with Gasteiger partial charge in [0.25, 0.3) is 0 Å².